The molecule has 0 bridgehead atoms. The Kier molecular flexibility index (Phi) is 16.2. The summed E-state index contributed by atoms with van der Waals surface area (Å²) in [7, 11) is 0. The van der Waals surface area contributed by atoms with Crippen LogP contribution in [0.1, 0.15) is 77.0 Å². The van der Waals surface area contributed by atoms with E-state index < -0.39 is 0 Å². The van der Waals surface area contributed by atoms with Crippen molar-refractivity contribution < 1.29 is 0 Å². The van der Waals surface area contributed by atoms with Gasteiger partial charge in [-0.2, -0.15) is 0 Å². The number of hydrogen-bond acceptors (Lipinski definition) is 0. The number of rotatable bonds is 16. The van der Waals surface area contributed by atoms with Crippen LogP contribution < -0.4 is 0 Å². The second kappa shape index (κ2) is 17.0. The summed E-state index contributed by atoms with van der Waals surface area (Å²) in [5.41, 5.74) is 0. The molecule has 0 spiro atoms. The molecule has 0 nitrogen and oxygen atoms in total. The van der Waals surface area contributed by atoms with Gasteiger partial charge >= 0.3 is 0 Å². The van der Waals surface area contributed by atoms with Crippen LogP contribution in [0.15, 0.2) is 50.1 Å². The van der Waals surface area contributed by atoms with Crippen molar-refractivity contribution in [3.05, 3.63) is 50.1 Å². The van der Waals surface area contributed by atoms with Gasteiger partial charge in [0.1, 0.15) is 0 Å². The molecule has 0 aliphatic rings. The monoisotopic (exact) mass is 288 g/mol. The topological polar surface area (TPSA) is 0 Å². The van der Waals surface area contributed by atoms with Crippen LogP contribution in [0.4, 0.5) is 0 Å². The fourth-order valence-electron chi connectivity index (χ4n) is 2.64. The standard InChI is InChI=1S/C21H36/c1-4-7-9-11-13-14-16-18-20-21(6-3)19-17-15-12-10-8-5-2/h4-7,9,21H,1-3,8,10-20H2. The molecular weight excluding hydrogens is 252 g/mol. The highest BCUT2D eigenvalue weighted by Gasteiger charge is 2.03. The minimum absolute atomic E-state index is 0.741. The van der Waals surface area contributed by atoms with E-state index in [0.29, 0.717) is 0 Å². The van der Waals surface area contributed by atoms with E-state index in [4.69, 9.17) is 0 Å². The zero-order valence-corrected chi connectivity index (χ0v) is 14.1. The molecule has 0 aromatic carbocycles. The molecule has 1 atom stereocenters. The lowest BCUT2D eigenvalue weighted by Gasteiger charge is -2.12. The van der Waals surface area contributed by atoms with Crippen LogP contribution in [0, 0.1) is 5.92 Å². The van der Waals surface area contributed by atoms with Crippen molar-refractivity contribution in [2.75, 3.05) is 0 Å². The molecule has 120 valence electrons. The van der Waals surface area contributed by atoms with Gasteiger partial charge in [0.05, 0.1) is 0 Å². The van der Waals surface area contributed by atoms with E-state index in [9.17, 15) is 0 Å². The van der Waals surface area contributed by atoms with Gasteiger partial charge in [-0.25, -0.2) is 0 Å². The lowest BCUT2D eigenvalue weighted by molar-refractivity contribution is 0.471. The van der Waals surface area contributed by atoms with Gasteiger partial charge in [-0.05, 0) is 44.4 Å². The van der Waals surface area contributed by atoms with Gasteiger partial charge in [-0.1, -0.05) is 75.5 Å². The first-order valence-electron chi connectivity index (χ1n) is 8.86. The normalized spacial score (nSPS) is 12.4. The minimum Gasteiger partial charge on any atom is -0.103 e. The van der Waals surface area contributed by atoms with Crippen molar-refractivity contribution in [2.45, 2.75) is 77.0 Å². The first-order chi connectivity index (χ1) is 10.3. The molecular formula is C21H36. The fourth-order valence-corrected chi connectivity index (χ4v) is 2.64. The molecule has 0 heteroatoms. The van der Waals surface area contributed by atoms with Crippen LogP contribution in [-0.2, 0) is 0 Å². The predicted molar refractivity (Wildman–Crippen MR) is 98.6 cm³/mol. The Balaban J connectivity index is 3.40. The summed E-state index contributed by atoms with van der Waals surface area (Å²) < 4.78 is 0. The molecule has 0 rings (SSSR count). The maximum absolute atomic E-state index is 4.01. The highest BCUT2D eigenvalue weighted by atomic mass is 14.1. The van der Waals surface area contributed by atoms with Crippen LogP contribution in [-0.4, -0.2) is 0 Å². The highest BCUT2D eigenvalue weighted by Crippen LogP contribution is 2.19. The van der Waals surface area contributed by atoms with Crippen LogP contribution >= 0.6 is 0 Å². The molecule has 0 heterocycles. The quantitative estimate of drug-likeness (QED) is 0.158. The molecule has 0 radical (unpaired) electrons. The number of allylic oxidation sites excluding steroid dienone is 5. The Labute approximate surface area is 133 Å². The van der Waals surface area contributed by atoms with Crippen LogP contribution in [0.25, 0.3) is 0 Å². The van der Waals surface area contributed by atoms with Gasteiger partial charge < -0.3 is 0 Å². The van der Waals surface area contributed by atoms with Crippen molar-refractivity contribution in [3.8, 4) is 0 Å². The Morgan fingerprint density at radius 2 is 1.24 bits per heavy atom. The molecule has 1 unspecified atom stereocenters. The largest absolute Gasteiger partial charge is 0.103 e. The summed E-state index contributed by atoms with van der Waals surface area (Å²) in [5.74, 6) is 0.741. The molecule has 0 amide bonds. The summed E-state index contributed by atoms with van der Waals surface area (Å²) in [6.07, 6.45) is 26.1. The summed E-state index contributed by atoms with van der Waals surface area (Å²) in [5, 5.41) is 0. The van der Waals surface area contributed by atoms with E-state index in [0.717, 1.165) is 5.92 Å². The van der Waals surface area contributed by atoms with E-state index in [1.165, 1.54) is 77.0 Å². The van der Waals surface area contributed by atoms with Gasteiger partial charge in [-0.3, -0.25) is 0 Å². The third kappa shape index (κ3) is 15.2. The molecule has 21 heavy (non-hydrogen) atoms. The number of unbranched alkanes of at least 4 members (excludes halogenated alkanes) is 8. The Bertz CT molecular complexity index is 272. The number of hydrogen-bond donors (Lipinski definition) is 0. The van der Waals surface area contributed by atoms with E-state index in [1.807, 2.05) is 18.2 Å². The molecule has 0 saturated heterocycles. The molecule has 0 aliphatic heterocycles. The highest BCUT2D eigenvalue weighted by molar-refractivity contribution is 4.96. The third-order valence-corrected chi connectivity index (χ3v) is 4.03. The molecule has 0 N–H and O–H groups in total. The predicted octanol–water partition coefficient (Wildman–Crippen LogP) is 7.40. The summed E-state index contributed by atoms with van der Waals surface area (Å²) in [6, 6.07) is 0. The molecule has 0 aromatic rings. The zero-order valence-electron chi connectivity index (χ0n) is 14.1. The lowest BCUT2D eigenvalue weighted by Crippen LogP contribution is -1.96. The first-order valence-corrected chi connectivity index (χ1v) is 8.86. The second-order valence-corrected chi connectivity index (χ2v) is 5.93. The first kappa shape index (κ1) is 20.0. The average Bonchev–Trinajstić information content (AvgIpc) is 2.51. The smallest absolute Gasteiger partial charge is 0.0236 e. The van der Waals surface area contributed by atoms with Crippen LogP contribution in [0.5, 0.6) is 0 Å². The Hall–Kier alpha value is -1.04. The van der Waals surface area contributed by atoms with E-state index in [1.54, 1.807) is 0 Å². The molecule has 0 aliphatic carbocycles. The maximum atomic E-state index is 4.01. The van der Waals surface area contributed by atoms with Gasteiger partial charge in [0, 0.05) is 0 Å². The Morgan fingerprint density at radius 1 is 0.667 bits per heavy atom. The zero-order chi connectivity index (χ0) is 15.6. The summed E-state index contributed by atoms with van der Waals surface area (Å²) >= 11 is 0. The maximum Gasteiger partial charge on any atom is -0.0236 e. The van der Waals surface area contributed by atoms with Crippen molar-refractivity contribution in [3.63, 3.8) is 0 Å². The fraction of sp³-hybridized carbons (Fsp3) is 0.619. The average molecular weight is 289 g/mol. The van der Waals surface area contributed by atoms with E-state index in [2.05, 4.69) is 31.9 Å². The minimum atomic E-state index is 0.741. The molecule has 0 saturated carbocycles. The molecule has 0 fully saturated rings. The van der Waals surface area contributed by atoms with Crippen LogP contribution in [0.3, 0.4) is 0 Å². The van der Waals surface area contributed by atoms with Crippen molar-refractivity contribution in [2.24, 2.45) is 5.92 Å². The SMILES string of the molecule is C=CC=CCCCCCCC(C=C)CCCCCCC=C. The van der Waals surface area contributed by atoms with Gasteiger partial charge in [0.15, 0.2) is 0 Å². The summed E-state index contributed by atoms with van der Waals surface area (Å²) in [6.45, 7) is 11.5. The van der Waals surface area contributed by atoms with Crippen LogP contribution in [0.2, 0.25) is 0 Å². The van der Waals surface area contributed by atoms with Gasteiger partial charge in [0.25, 0.3) is 0 Å². The lowest BCUT2D eigenvalue weighted by atomic mass is 9.94. The van der Waals surface area contributed by atoms with E-state index >= 15 is 0 Å². The second-order valence-electron chi connectivity index (χ2n) is 5.93. The van der Waals surface area contributed by atoms with Gasteiger partial charge in [-0.15, -0.1) is 13.2 Å². The third-order valence-electron chi connectivity index (χ3n) is 4.03. The molecule has 0 aromatic heterocycles. The summed E-state index contributed by atoms with van der Waals surface area (Å²) in [4.78, 5) is 0. The van der Waals surface area contributed by atoms with Gasteiger partial charge in [0.2, 0.25) is 0 Å². The van der Waals surface area contributed by atoms with Crippen molar-refractivity contribution >= 4 is 0 Å². The Morgan fingerprint density at radius 3 is 1.76 bits per heavy atom. The van der Waals surface area contributed by atoms with Crippen molar-refractivity contribution in [1.82, 2.24) is 0 Å². The van der Waals surface area contributed by atoms with E-state index in [-0.39, 0.29) is 0 Å². The van der Waals surface area contributed by atoms with Crippen molar-refractivity contribution in [1.29, 1.82) is 0 Å².